The average Bonchev–Trinajstić information content (AvgIpc) is 3.11. The molecule has 0 saturated heterocycles. The molecule has 1 heteroatoms. The zero-order valence-corrected chi connectivity index (χ0v) is 30.9. The molecule has 0 N–H and O–H groups in total. The van der Waals surface area contributed by atoms with Crippen LogP contribution < -0.4 is 0 Å². The van der Waals surface area contributed by atoms with Crippen LogP contribution in [0.5, 0.6) is 0 Å². The van der Waals surface area contributed by atoms with Crippen molar-refractivity contribution in [1.29, 1.82) is 0 Å². The summed E-state index contributed by atoms with van der Waals surface area (Å²) in [7, 11) is 0. The zero-order valence-electron chi connectivity index (χ0n) is 30.9. The van der Waals surface area contributed by atoms with E-state index in [2.05, 4.69) is 193 Å². The van der Waals surface area contributed by atoms with Gasteiger partial charge < -0.3 is 4.90 Å². The Bertz CT molecular complexity index is 1560. The van der Waals surface area contributed by atoms with Crippen molar-refractivity contribution in [2.45, 2.75) is 73.1 Å². The quantitative estimate of drug-likeness (QED) is 0.0978. The van der Waals surface area contributed by atoms with Crippen molar-refractivity contribution in [2.24, 2.45) is 0 Å². The molecule has 0 aromatic heterocycles. The molecule has 1 aromatic carbocycles. The molecule has 2 rings (SSSR count). The molecule has 0 spiro atoms. The summed E-state index contributed by atoms with van der Waals surface area (Å²) in [5.74, 6) is 0. The summed E-state index contributed by atoms with van der Waals surface area (Å²) in [4.78, 5) is 2.36. The maximum atomic E-state index is 4.25. The molecule has 256 valence electrons. The van der Waals surface area contributed by atoms with Crippen LogP contribution in [0.3, 0.4) is 0 Å². The first-order chi connectivity index (χ1) is 23.8. The molecule has 0 aliphatic carbocycles. The summed E-state index contributed by atoms with van der Waals surface area (Å²) in [5.41, 5.74) is 10.9. The molecule has 0 unspecified atom stereocenters. The first-order valence-electron chi connectivity index (χ1n) is 17.4. The van der Waals surface area contributed by atoms with Gasteiger partial charge in [0.1, 0.15) is 0 Å². The summed E-state index contributed by atoms with van der Waals surface area (Å²) in [5, 5.41) is 0. The van der Waals surface area contributed by atoms with E-state index < -0.39 is 0 Å². The lowest BCUT2D eigenvalue weighted by molar-refractivity contribution is 0.521. The number of terminal acetylenes is 1. The summed E-state index contributed by atoms with van der Waals surface area (Å²) in [6, 6.07) is 8.90. The second kappa shape index (κ2) is 26.0. The van der Waals surface area contributed by atoms with E-state index in [9.17, 15) is 0 Å². The van der Waals surface area contributed by atoms with Gasteiger partial charge in [-0.1, -0.05) is 152 Å². The van der Waals surface area contributed by atoms with Gasteiger partial charge in [0.05, 0.1) is 0 Å². The van der Waals surface area contributed by atoms with E-state index in [1.165, 1.54) is 39.1 Å². The number of allylic oxidation sites excluding steroid dienone is 22. The maximum Gasteiger partial charge on any atom is 0.0409 e. The van der Waals surface area contributed by atoms with E-state index in [4.69, 9.17) is 0 Å². The first-order valence-corrected chi connectivity index (χ1v) is 17.4. The maximum absolute atomic E-state index is 4.25. The predicted octanol–water partition coefficient (Wildman–Crippen LogP) is 13.5. The minimum absolute atomic E-state index is 0.753. The Morgan fingerprint density at radius 1 is 0.898 bits per heavy atom. The Balaban J connectivity index is 0.00000589. The van der Waals surface area contributed by atoms with Gasteiger partial charge in [-0.05, 0) is 106 Å². The Kier molecular flexibility index (Phi) is 22.2. The van der Waals surface area contributed by atoms with Gasteiger partial charge in [0.25, 0.3) is 0 Å². The smallest absolute Gasteiger partial charge is 0.0409 e. The van der Waals surface area contributed by atoms with Gasteiger partial charge >= 0.3 is 0 Å². The van der Waals surface area contributed by atoms with E-state index in [1.807, 2.05) is 13.0 Å². The predicted molar refractivity (Wildman–Crippen MR) is 222 cm³/mol. The minimum atomic E-state index is 0.753. The third-order valence-electron chi connectivity index (χ3n) is 7.83. The van der Waals surface area contributed by atoms with Crippen LogP contribution in [0.1, 0.15) is 77.8 Å². The van der Waals surface area contributed by atoms with Gasteiger partial charge in [-0.25, -0.2) is 0 Å². The topological polar surface area (TPSA) is 3.24 Å². The lowest BCUT2D eigenvalue weighted by Crippen LogP contribution is -2.18. The fourth-order valence-electron chi connectivity index (χ4n) is 5.11. The van der Waals surface area contributed by atoms with Crippen LogP contribution in [0, 0.1) is 12.8 Å². The standard InChI is InChI=1S/C46H57N.C2H2/c1-9-14-25-46-45(22-11-3)24-18-16-15-17-19-34-47(46)35-20-23-41(21-10-2)37-42-29-32-44(33-30-42)43(13-5)31-28-40(8)36-39(7)27-26-38(6)12-4;1-2/h10-17,19-21,23,25-33,35H,3,7-9,18,22,24,34,36-37H2,1-2,4-6H3;1-2H/b16-15?,19-17-,21-10-,25-14-,27-26-,31-28-,35-20+,38-12-,41-23+,43-13+,46-45-;. The zero-order chi connectivity index (χ0) is 36.3. The highest BCUT2D eigenvalue weighted by molar-refractivity contribution is 5.74. The van der Waals surface area contributed by atoms with E-state index >= 15 is 0 Å². The van der Waals surface area contributed by atoms with Crippen LogP contribution in [0.2, 0.25) is 0 Å². The number of hydrogen-bond donors (Lipinski definition) is 0. The van der Waals surface area contributed by atoms with Crippen LogP contribution >= 0.6 is 0 Å². The molecule has 1 aliphatic rings. The van der Waals surface area contributed by atoms with Crippen LogP contribution in [-0.4, -0.2) is 11.4 Å². The monoisotopic (exact) mass is 649 g/mol. The Labute approximate surface area is 300 Å². The molecule has 0 saturated carbocycles. The molecular formula is C48H59N. The average molecular weight is 650 g/mol. The molecule has 0 amide bonds. The van der Waals surface area contributed by atoms with Crippen LogP contribution in [0.15, 0.2) is 187 Å². The third-order valence-corrected chi connectivity index (χ3v) is 7.83. The summed E-state index contributed by atoms with van der Waals surface area (Å²) < 4.78 is 0. The Morgan fingerprint density at radius 3 is 2.22 bits per heavy atom. The van der Waals surface area contributed by atoms with Crippen molar-refractivity contribution in [1.82, 2.24) is 4.90 Å². The molecule has 0 atom stereocenters. The molecule has 49 heavy (non-hydrogen) atoms. The molecule has 1 aliphatic heterocycles. The van der Waals surface area contributed by atoms with Gasteiger partial charge in [-0.3, -0.25) is 0 Å². The van der Waals surface area contributed by atoms with Crippen LogP contribution in [-0.2, 0) is 6.42 Å². The highest BCUT2D eigenvalue weighted by Crippen LogP contribution is 2.24. The summed E-state index contributed by atoms with van der Waals surface area (Å²) >= 11 is 0. The second-order valence-corrected chi connectivity index (χ2v) is 11.7. The second-order valence-electron chi connectivity index (χ2n) is 11.7. The van der Waals surface area contributed by atoms with E-state index in [0.29, 0.717) is 0 Å². The van der Waals surface area contributed by atoms with Gasteiger partial charge in [-0.2, -0.15) is 0 Å². The van der Waals surface area contributed by atoms with Crippen molar-refractivity contribution >= 4 is 5.57 Å². The first kappa shape index (κ1) is 42.0. The normalized spacial score (nSPS) is 17.3. The lowest BCUT2D eigenvalue weighted by atomic mass is 9.98. The molecule has 0 bridgehead atoms. The van der Waals surface area contributed by atoms with Gasteiger partial charge in [-0.15, -0.1) is 19.4 Å². The fourth-order valence-corrected chi connectivity index (χ4v) is 5.11. The molecule has 1 nitrogen and oxygen atoms in total. The summed E-state index contributed by atoms with van der Waals surface area (Å²) in [6.07, 6.45) is 52.6. The van der Waals surface area contributed by atoms with E-state index in [-0.39, 0.29) is 0 Å². The Morgan fingerprint density at radius 2 is 1.59 bits per heavy atom. The van der Waals surface area contributed by atoms with E-state index in [1.54, 1.807) is 0 Å². The lowest BCUT2D eigenvalue weighted by Gasteiger charge is -2.24. The van der Waals surface area contributed by atoms with Crippen LogP contribution in [0.4, 0.5) is 0 Å². The van der Waals surface area contributed by atoms with Crippen molar-refractivity contribution in [3.8, 4) is 12.8 Å². The summed E-state index contributed by atoms with van der Waals surface area (Å²) in [6.45, 7) is 23.8. The van der Waals surface area contributed by atoms with Crippen molar-refractivity contribution in [3.05, 3.63) is 198 Å². The van der Waals surface area contributed by atoms with Crippen molar-refractivity contribution in [3.63, 3.8) is 0 Å². The van der Waals surface area contributed by atoms with Crippen molar-refractivity contribution in [2.75, 3.05) is 6.54 Å². The highest BCUT2D eigenvalue weighted by Gasteiger charge is 2.10. The molecule has 1 aromatic rings. The van der Waals surface area contributed by atoms with Crippen molar-refractivity contribution < 1.29 is 0 Å². The minimum Gasteiger partial charge on any atom is -0.344 e. The van der Waals surface area contributed by atoms with Crippen LogP contribution in [0.25, 0.3) is 5.57 Å². The largest absolute Gasteiger partial charge is 0.344 e. The molecule has 0 fully saturated rings. The van der Waals surface area contributed by atoms with Gasteiger partial charge in [0.2, 0.25) is 0 Å². The van der Waals surface area contributed by atoms with Gasteiger partial charge in [0, 0.05) is 18.4 Å². The SMILES string of the molecule is C#C.C=CC/C1=C(\C=C/CC)N(/C=C/C=C(\C=C/C)Cc2ccc(C(/C=C\C(=C)CC(=C)/C=C\C(C)=C/C)=C/C)cc2)C/C=C\C=CCC1. The van der Waals surface area contributed by atoms with Gasteiger partial charge in [0.15, 0.2) is 0 Å². The Hall–Kier alpha value is -5.06. The molecular weight excluding hydrogens is 591 g/mol. The number of hydrogen-bond acceptors (Lipinski definition) is 1. The number of nitrogens with zero attached hydrogens (tertiary/aromatic N) is 1. The highest BCUT2D eigenvalue weighted by atomic mass is 15.1. The number of rotatable bonds is 16. The third kappa shape index (κ3) is 17.1. The van der Waals surface area contributed by atoms with E-state index in [0.717, 1.165) is 56.2 Å². The molecule has 0 radical (unpaired) electrons. The molecule has 1 heterocycles. The fraction of sp³-hybridized carbons (Fsp3) is 0.250. The number of benzene rings is 1.